The predicted molar refractivity (Wildman–Crippen MR) is 47.4 cm³/mol. The first kappa shape index (κ1) is 10.9. The number of hydrogen-bond donors (Lipinski definition) is 2. The molecule has 6 heteroatoms. The van der Waals surface area contributed by atoms with E-state index in [1.54, 1.807) is 6.92 Å². The van der Waals surface area contributed by atoms with Crippen molar-refractivity contribution >= 4 is 27.7 Å². The minimum Gasteiger partial charge on any atom is -0.450 e. The Bertz CT molecular complexity index is 131. The fourth-order valence-electron chi connectivity index (χ4n) is 0.327. The molecule has 66 valence electrons. The zero-order chi connectivity index (χ0) is 8.85. The molecule has 0 fully saturated rings. The minimum absolute atomic E-state index is 0.0140. The van der Waals surface area contributed by atoms with Gasteiger partial charge < -0.3 is 15.6 Å². The van der Waals surface area contributed by atoms with Crippen molar-refractivity contribution in [1.29, 1.82) is 0 Å². The molecule has 0 amide bonds. The van der Waals surface area contributed by atoms with Gasteiger partial charge in [0.1, 0.15) is 0 Å². The predicted octanol–water partition coefficient (Wildman–Crippen LogP) is 1.71. The molecule has 0 radical (unpaired) electrons. The highest BCUT2D eigenvalue weighted by atomic mass is 33.1. The Morgan fingerprint density at radius 3 is 2.45 bits per heavy atom. The number of carbonyl (C=O) groups is 1. The summed E-state index contributed by atoms with van der Waals surface area (Å²) < 4.78 is 4.40. The molecular weight excluding hydrogens is 186 g/mol. The summed E-state index contributed by atoms with van der Waals surface area (Å²) in [6.07, 6.45) is -1.25. The lowest BCUT2D eigenvalue weighted by molar-refractivity contribution is 0.0875. The van der Waals surface area contributed by atoms with Crippen LogP contribution in [0, 0.1) is 0 Å². The minimum atomic E-state index is -1.25. The second kappa shape index (κ2) is 5.56. The molecule has 0 aliphatic rings. The van der Waals surface area contributed by atoms with Crippen molar-refractivity contribution in [2.24, 2.45) is 5.73 Å². The van der Waals surface area contributed by atoms with E-state index >= 15 is 0 Å². The maximum atomic E-state index is 9.98. The summed E-state index contributed by atoms with van der Waals surface area (Å²) >= 11 is 0. The first-order valence-electron chi connectivity index (χ1n) is 2.99. The Balaban J connectivity index is 3.37. The average molecular weight is 197 g/mol. The standard InChI is InChI=1S/C5H11NO3S2/c1-3(6)10-11-4(2)9-5(7)8/h3-4H,6H2,1-2H3,(H,7,8). The first-order valence-corrected chi connectivity index (χ1v) is 5.27. The second-order valence-corrected chi connectivity index (χ2v) is 4.80. The summed E-state index contributed by atoms with van der Waals surface area (Å²) in [5, 5.41) is 8.16. The highest BCUT2D eigenvalue weighted by Gasteiger charge is 2.08. The van der Waals surface area contributed by atoms with Gasteiger partial charge in [0.15, 0.2) is 5.44 Å². The molecule has 2 unspecified atom stereocenters. The highest BCUT2D eigenvalue weighted by Crippen LogP contribution is 2.29. The van der Waals surface area contributed by atoms with E-state index in [-0.39, 0.29) is 10.8 Å². The molecule has 2 atom stereocenters. The van der Waals surface area contributed by atoms with E-state index < -0.39 is 6.16 Å². The Morgan fingerprint density at radius 2 is 2.09 bits per heavy atom. The topological polar surface area (TPSA) is 72.5 Å². The molecule has 0 saturated heterocycles. The molecule has 11 heavy (non-hydrogen) atoms. The maximum Gasteiger partial charge on any atom is 0.506 e. The Morgan fingerprint density at radius 1 is 1.55 bits per heavy atom. The van der Waals surface area contributed by atoms with Crippen LogP contribution in [0.1, 0.15) is 13.8 Å². The van der Waals surface area contributed by atoms with Gasteiger partial charge in [-0.3, -0.25) is 0 Å². The van der Waals surface area contributed by atoms with Gasteiger partial charge in [-0.05, 0) is 24.6 Å². The molecule has 0 saturated carbocycles. The van der Waals surface area contributed by atoms with E-state index in [1.807, 2.05) is 6.92 Å². The van der Waals surface area contributed by atoms with Gasteiger partial charge in [0.05, 0.1) is 5.37 Å². The molecule has 0 rings (SSSR count). The van der Waals surface area contributed by atoms with E-state index in [9.17, 15) is 4.79 Å². The third-order valence-electron chi connectivity index (χ3n) is 0.610. The largest absolute Gasteiger partial charge is 0.506 e. The van der Waals surface area contributed by atoms with Gasteiger partial charge in [-0.15, -0.1) is 0 Å². The zero-order valence-electron chi connectivity index (χ0n) is 6.31. The Labute approximate surface area is 73.3 Å². The van der Waals surface area contributed by atoms with Crippen LogP contribution in [0.3, 0.4) is 0 Å². The number of ether oxygens (including phenoxy) is 1. The van der Waals surface area contributed by atoms with Crippen molar-refractivity contribution in [1.82, 2.24) is 0 Å². The van der Waals surface area contributed by atoms with Gasteiger partial charge in [0.2, 0.25) is 0 Å². The highest BCUT2D eigenvalue weighted by molar-refractivity contribution is 8.77. The summed E-state index contributed by atoms with van der Waals surface area (Å²) in [7, 11) is 2.69. The van der Waals surface area contributed by atoms with Crippen molar-refractivity contribution in [2.45, 2.75) is 24.7 Å². The van der Waals surface area contributed by atoms with E-state index in [4.69, 9.17) is 10.8 Å². The number of nitrogens with two attached hydrogens (primary N) is 1. The fraction of sp³-hybridized carbons (Fsp3) is 0.800. The molecule has 0 spiro atoms. The van der Waals surface area contributed by atoms with E-state index in [0.717, 1.165) is 0 Å². The van der Waals surface area contributed by atoms with E-state index in [1.165, 1.54) is 21.6 Å². The second-order valence-electron chi connectivity index (χ2n) is 1.85. The summed E-state index contributed by atoms with van der Waals surface area (Å²) in [5.74, 6) is 0. The Kier molecular flexibility index (Phi) is 5.53. The number of rotatable bonds is 4. The third kappa shape index (κ3) is 7.83. The molecule has 0 heterocycles. The van der Waals surface area contributed by atoms with Crippen LogP contribution in [0.25, 0.3) is 0 Å². The maximum absolute atomic E-state index is 9.98. The van der Waals surface area contributed by atoms with Gasteiger partial charge in [-0.1, -0.05) is 10.8 Å². The molecule has 0 aliphatic heterocycles. The van der Waals surface area contributed by atoms with Crippen molar-refractivity contribution in [3.05, 3.63) is 0 Å². The van der Waals surface area contributed by atoms with E-state index in [0.29, 0.717) is 0 Å². The van der Waals surface area contributed by atoms with Gasteiger partial charge in [0, 0.05) is 0 Å². The first-order chi connectivity index (χ1) is 5.02. The lowest BCUT2D eigenvalue weighted by atomic mass is 10.8. The van der Waals surface area contributed by atoms with Crippen LogP contribution in [0.4, 0.5) is 4.79 Å². The summed E-state index contributed by atoms with van der Waals surface area (Å²) in [6, 6.07) is 0. The quantitative estimate of drug-likeness (QED) is 0.406. The van der Waals surface area contributed by atoms with Crippen LogP contribution in [0.2, 0.25) is 0 Å². The van der Waals surface area contributed by atoms with Crippen molar-refractivity contribution in [3.8, 4) is 0 Å². The van der Waals surface area contributed by atoms with Gasteiger partial charge in [-0.25, -0.2) is 4.79 Å². The molecule has 4 nitrogen and oxygen atoms in total. The van der Waals surface area contributed by atoms with Crippen molar-refractivity contribution in [3.63, 3.8) is 0 Å². The molecule has 0 aromatic rings. The zero-order valence-corrected chi connectivity index (χ0v) is 7.95. The van der Waals surface area contributed by atoms with Crippen molar-refractivity contribution in [2.75, 3.05) is 0 Å². The van der Waals surface area contributed by atoms with E-state index in [2.05, 4.69) is 4.74 Å². The van der Waals surface area contributed by atoms with Crippen LogP contribution >= 0.6 is 21.6 Å². The van der Waals surface area contributed by atoms with Gasteiger partial charge in [-0.2, -0.15) is 0 Å². The average Bonchev–Trinajstić information content (AvgIpc) is 1.82. The smallest absolute Gasteiger partial charge is 0.450 e. The SMILES string of the molecule is CC(N)SSC(C)OC(=O)O. The van der Waals surface area contributed by atoms with Crippen LogP contribution < -0.4 is 5.73 Å². The molecule has 0 aliphatic carbocycles. The molecule has 3 N–H and O–H groups in total. The van der Waals surface area contributed by atoms with Crippen molar-refractivity contribution < 1.29 is 14.6 Å². The lowest BCUT2D eigenvalue weighted by Gasteiger charge is -2.10. The molecule has 0 bridgehead atoms. The monoisotopic (exact) mass is 197 g/mol. The molecule has 0 aromatic carbocycles. The van der Waals surface area contributed by atoms with Gasteiger partial charge >= 0.3 is 6.16 Å². The summed E-state index contributed by atoms with van der Waals surface area (Å²) in [5.41, 5.74) is 5.04. The van der Waals surface area contributed by atoms with Gasteiger partial charge in [0.25, 0.3) is 0 Å². The fourth-order valence-corrected chi connectivity index (χ4v) is 1.89. The van der Waals surface area contributed by atoms with Crippen LogP contribution in [-0.2, 0) is 4.74 Å². The third-order valence-corrected chi connectivity index (χ3v) is 3.45. The van der Waals surface area contributed by atoms with Crippen LogP contribution in [0.15, 0.2) is 0 Å². The molecule has 0 aromatic heterocycles. The number of hydrogen-bond acceptors (Lipinski definition) is 5. The van der Waals surface area contributed by atoms with Crippen LogP contribution in [-0.4, -0.2) is 22.1 Å². The summed E-state index contributed by atoms with van der Waals surface area (Å²) in [6.45, 7) is 3.49. The lowest BCUT2D eigenvalue weighted by Crippen LogP contribution is -2.11. The number of carboxylic acid groups (broad SMARTS) is 1. The Hall–Kier alpha value is -0.0700. The summed E-state index contributed by atoms with van der Waals surface area (Å²) in [4.78, 5) is 9.98. The normalized spacial score (nSPS) is 15.5. The van der Waals surface area contributed by atoms with Crippen LogP contribution in [0.5, 0.6) is 0 Å². The molecular formula is C5H11NO3S2.